The van der Waals surface area contributed by atoms with Gasteiger partial charge in [-0.1, -0.05) is 58.0 Å². The molecule has 0 N–H and O–H groups in total. The van der Waals surface area contributed by atoms with Gasteiger partial charge < -0.3 is 0 Å². The summed E-state index contributed by atoms with van der Waals surface area (Å²) >= 11 is 0. The van der Waals surface area contributed by atoms with Gasteiger partial charge in [-0.15, -0.1) is 0 Å². The molecule has 2 nitrogen and oxygen atoms in total. The van der Waals surface area contributed by atoms with E-state index in [-0.39, 0.29) is 10.8 Å². The predicted molar refractivity (Wildman–Crippen MR) is 114 cm³/mol. The molecule has 6 rings (SSSR count). The van der Waals surface area contributed by atoms with Crippen molar-refractivity contribution in [3.05, 3.63) is 88.4 Å². The van der Waals surface area contributed by atoms with E-state index in [2.05, 4.69) is 70.2 Å². The van der Waals surface area contributed by atoms with Crippen LogP contribution in [0.15, 0.2) is 54.9 Å². The van der Waals surface area contributed by atoms with Crippen molar-refractivity contribution in [3.63, 3.8) is 0 Å². The van der Waals surface area contributed by atoms with Gasteiger partial charge in [0.15, 0.2) is 0 Å². The van der Waals surface area contributed by atoms with Gasteiger partial charge in [-0.3, -0.25) is 9.97 Å². The fraction of sp³-hybridized carbons (Fsp3) is 0.308. The van der Waals surface area contributed by atoms with Crippen molar-refractivity contribution in [2.24, 2.45) is 0 Å². The van der Waals surface area contributed by atoms with Gasteiger partial charge in [-0.2, -0.15) is 0 Å². The van der Waals surface area contributed by atoms with Crippen LogP contribution in [-0.2, 0) is 10.8 Å². The molecule has 0 spiro atoms. The second kappa shape index (κ2) is 5.00. The molecule has 0 amide bonds. The third kappa shape index (κ3) is 1.75. The lowest BCUT2D eigenvalue weighted by molar-refractivity contribution is 0.402. The summed E-state index contributed by atoms with van der Waals surface area (Å²) in [6.45, 7) is 9.46. The Kier molecular flexibility index (Phi) is 2.90. The van der Waals surface area contributed by atoms with E-state index in [9.17, 15) is 0 Å². The predicted octanol–water partition coefficient (Wildman–Crippen LogP) is 5.99. The first-order valence-corrected chi connectivity index (χ1v) is 10.2. The monoisotopic (exact) mass is 364 g/mol. The highest BCUT2D eigenvalue weighted by Crippen LogP contribution is 2.59. The van der Waals surface area contributed by atoms with E-state index in [1.807, 2.05) is 12.4 Å². The van der Waals surface area contributed by atoms with Crippen molar-refractivity contribution in [1.29, 1.82) is 0 Å². The summed E-state index contributed by atoms with van der Waals surface area (Å²) in [7, 11) is 0. The number of fused-ring (bicyclic) bond motifs is 4. The number of aromatic nitrogens is 2. The molecule has 0 bridgehead atoms. The number of benzene rings is 1. The van der Waals surface area contributed by atoms with Crippen molar-refractivity contribution in [1.82, 2.24) is 9.97 Å². The van der Waals surface area contributed by atoms with Crippen molar-refractivity contribution >= 4 is 5.57 Å². The standard InChI is InChI=1S/C26H24N2/c1-25(2)17-11-9-16-22-18(26(3,4)20-8-6-14-28-24(16)20)12-10-15(21(17)22)23-19(25)7-5-13-27-23/h5-11,13-14,18H,12H2,1-4H3. The van der Waals surface area contributed by atoms with Crippen molar-refractivity contribution in [2.45, 2.75) is 50.9 Å². The Balaban J connectivity index is 1.76. The zero-order valence-corrected chi connectivity index (χ0v) is 16.9. The van der Waals surface area contributed by atoms with Crippen LogP contribution < -0.4 is 0 Å². The first kappa shape index (κ1) is 16.2. The Hall–Kier alpha value is -2.74. The molecule has 0 radical (unpaired) electrons. The molecule has 0 saturated heterocycles. The van der Waals surface area contributed by atoms with Crippen molar-refractivity contribution in [3.8, 4) is 11.3 Å². The number of hydrogen-bond donors (Lipinski definition) is 0. The molecule has 0 aliphatic heterocycles. The zero-order valence-electron chi connectivity index (χ0n) is 16.9. The summed E-state index contributed by atoms with van der Waals surface area (Å²) in [6.07, 6.45) is 7.37. The molecule has 0 fully saturated rings. The molecule has 1 aromatic carbocycles. The van der Waals surface area contributed by atoms with E-state index in [4.69, 9.17) is 9.97 Å². The van der Waals surface area contributed by atoms with Gasteiger partial charge in [0.25, 0.3) is 0 Å². The van der Waals surface area contributed by atoms with Crippen molar-refractivity contribution in [2.75, 3.05) is 0 Å². The van der Waals surface area contributed by atoms with Crippen LogP contribution in [0.5, 0.6) is 0 Å². The van der Waals surface area contributed by atoms with Gasteiger partial charge in [-0.05, 0) is 57.7 Å². The minimum atomic E-state index is -0.0538. The normalized spacial score (nSPS) is 21.9. The van der Waals surface area contributed by atoms with Gasteiger partial charge in [0, 0.05) is 28.9 Å². The second-order valence-corrected chi connectivity index (χ2v) is 9.50. The SMILES string of the molecule is CC1(C)c2cccnc2C2=CCC3c4c(ccc1c42)-c1ncccc1C3(C)C. The molecule has 3 aliphatic carbocycles. The van der Waals surface area contributed by atoms with E-state index < -0.39 is 0 Å². The topological polar surface area (TPSA) is 25.8 Å². The Bertz CT molecular complexity index is 1200. The minimum absolute atomic E-state index is 0.0538. The number of hydrogen-bond acceptors (Lipinski definition) is 2. The lowest BCUT2D eigenvalue weighted by atomic mass is 9.56. The average molecular weight is 364 g/mol. The van der Waals surface area contributed by atoms with Crippen LogP contribution in [0.25, 0.3) is 16.8 Å². The van der Waals surface area contributed by atoms with E-state index >= 15 is 0 Å². The summed E-state index contributed by atoms with van der Waals surface area (Å²) in [6, 6.07) is 13.3. The minimum Gasteiger partial charge on any atom is -0.256 e. The zero-order chi connectivity index (χ0) is 19.3. The molecule has 2 heteroatoms. The number of nitrogens with zero attached hydrogens (tertiary/aromatic N) is 2. The first-order valence-electron chi connectivity index (χ1n) is 10.2. The molecule has 3 aromatic rings. The molecule has 1 atom stereocenters. The van der Waals surface area contributed by atoms with Crippen LogP contribution in [0, 0.1) is 0 Å². The highest BCUT2D eigenvalue weighted by atomic mass is 14.7. The average Bonchev–Trinajstić information content (AvgIpc) is 2.71. The second-order valence-electron chi connectivity index (χ2n) is 9.50. The molecule has 2 heterocycles. The Morgan fingerprint density at radius 3 is 2.32 bits per heavy atom. The lowest BCUT2D eigenvalue weighted by Crippen LogP contribution is -2.36. The highest BCUT2D eigenvalue weighted by Gasteiger charge is 2.47. The van der Waals surface area contributed by atoms with Crippen LogP contribution >= 0.6 is 0 Å². The van der Waals surface area contributed by atoms with Crippen LogP contribution in [0.1, 0.15) is 73.5 Å². The number of rotatable bonds is 0. The summed E-state index contributed by atoms with van der Waals surface area (Å²) in [5.41, 5.74) is 12.0. The van der Waals surface area contributed by atoms with E-state index in [1.165, 1.54) is 39.0 Å². The summed E-state index contributed by atoms with van der Waals surface area (Å²) in [4.78, 5) is 9.67. The Morgan fingerprint density at radius 2 is 1.54 bits per heavy atom. The summed E-state index contributed by atoms with van der Waals surface area (Å²) in [5, 5.41) is 0. The molecular weight excluding hydrogens is 340 g/mol. The quantitative estimate of drug-likeness (QED) is 0.489. The molecule has 3 aliphatic rings. The molecule has 1 unspecified atom stereocenters. The van der Waals surface area contributed by atoms with Gasteiger partial charge in [0.1, 0.15) is 0 Å². The molecule has 138 valence electrons. The molecule has 2 aromatic heterocycles. The molecular formula is C26H24N2. The smallest absolute Gasteiger partial charge is 0.0745 e. The maximum Gasteiger partial charge on any atom is 0.0745 e. The van der Waals surface area contributed by atoms with E-state index in [0.717, 1.165) is 17.8 Å². The summed E-state index contributed by atoms with van der Waals surface area (Å²) in [5.74, 6) is 0.471. The van der Waals surface area contributed by atoms with Gasteiger partial charge in [0.2, 0.25) is 0 Å². The van der Waals surface area contributed by atoms with Crippen LogP contribution in [-0.4, -0.2) is 9.97 Å². The molecule has 28 heavy (non-hydrogen) atoms. The van der Waals surface area contributed by atoms with Crippen LogP contribution in [0.2, 0.25) is 0 Å². The Morgan fingerprint density at radius 1 is 0.821 bits per heavy atom. The third-order valence-corrected chi connectivity index (χ3v) is 7.46. The van der Waals surface area contributed by atoms with E-state index in [0.29, 0.717) is 5.92 Å². The lowest BCUT2D eigenvalue weighted by Gasteiger charge is -2.47. The largest absolute Gasteiger partial charge is 0.256 e. The first-order chi connectivity index (χ1) is 13.4. The van der Waals surface area contributed by atoms with Crippen LogP contribution in [0.3, 0.4) is 0 Å². The number of pyridine rings is 2. The maximum absolute atomic E-state index is 4.84. The third-order valence-electron chi connectivity index (χ3n) is 7.46. The highest BCUT2D eigenvalue weighted by molar-refractivity contribution is 5.93. The van der Waals surface area contributed by atoms with Gasteiger partial charge in [0.05, 0.1) is 11.4 Å². The van der Waals surface area contributed by atoms with Gasteiger partial charge >= 0.3 is 0 Å². The van der Waals surface area contributed by atoms with Crippen LogP contribution in [0.4, 0.5) is 0 Å². The Labute approximate surface area is 166 Å². The maximum atomic E-state index is 4.84. The van der Waals surface area contributed by atoms with E-state index in [1.54, 1.807) is 0 Å². The molecule has 0 saturated carbocycles. The fourth-order valence-corrected chi connectivity index (χ4v) is 5.92. The fourth-order valence-electron chi connectivity index (χ4n) is 5.92. The van der Waals surface area contributed by atoms with Crippen molar-refractivity contribution < 1.29 is 0 Å². The number of allylic oxidation sites excluding steroid dienone is 1. The summed E-state index contributed by atoms with van der Waals surface area (Å²) < 4.78 is 0. The van der Waals surface area contributed by atoms with Gasteiger partial charge in [-0.25, -0.2) is 0 Å².